The molecule has 0 atom stereocenters. The Morgan fingerprint density at radius 1 is 0.955 bits per heavy atom. The smallest absolute Gasteiger partial charge is 0.305 e. The van der Waals surface area contributed by atoms with Crippen molar-refractivity contribution < 1.29 is 9.53 Å². The molecule has 2 nitrogen and oxygen atoms in total. The molecule has 0 aliphatic carbocycles. The van der Waals surface area contributed by atoms with Crippen molar-refractivity contribution >= 4 is 5.97 Å². The molecule has 0 unspecified atom stereocenters. The van der Waals surface area contributed by atoms with Gasteiger partial charge in [-0.25, -0.2) is 0 Å². The molecule has 0 aromatic rings. The SMILES string of the molecule is CCCCC/C=C\C/C=C\CCOC(=O)CCCCC(C)C. The first kappa shape index (κ1) is 20.9. The van der Waals surface area contributed by atoms with Crippen molar-refractivity contribution in [1.29, 1.82) is 0 Å². The maximum atomic E-state index is 11.5. The number of unbranched alkanes of at least 4 members (excludes halogenated alkanes) is 4. The van der Waals surface area contributed by atoms with E-state index in [1.807, 2.05) is 0 Å². The fraction of sp³-hybridized carbons (Fsp3) is 0.750. The van der Waals surface area contributed by atoms with E-state index in [1.54, 1.807) is 0 Å². The lowest BCUT2D eigenvalue weighted by Gasteiger charge is -2.04. The van der Waals surface area contributed by atoms with Crippen molar-refractivity contribution in [3.8, 4) is 0 Å². The van der Waals surface area contributed by atoms with Crippen molar-refractivity contribution in [2.24, 2.45) is 5.92 Å². The average Bonchev–Trinajstić information content (AvgIpc) is 2.49. The van der Waals surface area contributed by atoms with Gasteiger partial charge in [0.2, 0.25) is 0 Å². The zero-order chi connectivity index (χ0) is 16.5. The van der Waals surface area contributed by atoms with Crippen molar-refractivity contribution in [2.45, 2.75) is 85.0 Å². The Hall–Kier alpha value is -1.05. The summed E-state index contributed by atoms with van der Waals surface area (Å²) >= 11 is 0. The van der Waals surface area contributed by atoms with Gasteiger partial charge in [-0.3, -0.25) is 4.79 Å². The number of ether oxygens (including phenoxy) is 1. The van der Waals surface area contributed by atoms with E-state index >= 15 is 0 Å². The Morgan fingerprint density at radius 3 is 2.36 bits per heavy atom. The van der Waals surface area contributed by atoms with Gasteiger partial charge in [0.05, 0.1) is 6.61 Å². The predicted molar refractivity (Wildman–Crippen MR) is 95.9 cm³/mol. The Morgan fingerprint density at radius 2 is 1.68 bits per heavy atom. The van der Waals surface area contributed by atoms with Gasteiger partial charge in [0.1, 0.15) is 0 Å². The fourth-order valence-electron chi connectivity index (χ4n) is 2.15. The second kappa shape index (κ2) is 16.3. The molecule has 0 saturated heterocycles. The Labute approximate surface area is 138 Å². The van der Waals surface area contributed by atoms with Crippen molar-refractivity contribution in [3.05, 3.63) is 24.3 Å². The number of esters is 1. The second-order valence-corrected chi connectivity index (χ2v) is 6.32. The first-order valence-corrected chi connectivity index (χ1v) is 9.12. The van der Waals surface area contributed by atoms with Gasteiger partial charge in [-0.2, -0.15) is 0 Å². The second-order valence-electron chi connectivity index (χ2n) is 6.32. The van der Waals surface area contributed by atoms with Crippen molar-refractivity contribution in [3.63, 3.8) is 0 Å². The van der Waals surface area contributed by atoms with Crippen molar-refractivity contribution in [1.82, 2.24) is 0 Å². The lowest BCUT2D eigenvalue weighted by atomic mass is 10.1. The van der Waals surface area contributed by atoms with Crippen LogP contribution >= 0.6 is 0 Å². The summed E-state index contributed by atoms with van der Waals surface area (Å²) < 4.78 is 5.21. The highest BCUT2D eigenvalue weighted by molar-refractivity contribution is 5.69. The molecule has 0 N–H and O–H groups in total. The molecule has 0 aromatic heterocycles. The standard InChI is InChI=1S/C20H36O2/c1-4-5-6-7-8-9-10-11-12-15-18-22-20(21)17-14-13-16-19(2)3/h8-9,11-12,19H,4-7,10,13-18H2,1-3H3/b9-8-,12-11-. The van der Waals surface area contributed by atoms with Gasteiger partial charge in [0.15, 0.2) is 0 Å². The number of allylic oxidation sites excluding steroid dienone is 3. The summed E-state index contributed by atoms with van der Waals surface area (Å²) in [6, 6.07) is 0. The summed E-state index contributed by atoms with van der Waals surface area (Å²) in [6.07, 6.45) is 19.5. The third-order valence-corrected chi connectivity index (χ3v) is 3.54. The first-order chi connectivity index (χ1) is 10.7. The molecule has 0 heterocycles. The van der Waals surface area contributed by atoms with Crippen molar-refractivity contribution in [2.75, 3.05) is 6.61 Å². The molecular formula is C20H36O2. The topological polar surface area (TPSA) is 26.3 Å². The lowest BCUT2D eigenvalue weighted by molar-refractivity contribution is -0.143. The van der Waals surface area contributed by atoms with Gasteiger partial charge < -0.3 is 4.74 Å². The van der Waals surface area contributed by atoms with Crippen LogP contribution in [-0.4, -0.2) is 12.6 Å². The Kier molecular flexibility index (Phi) is 15.5. The zero-order valence-electron chi connectivity index (χ0n) is 15.0. The first-order valence-electron chi connectivity index (χ1n) is 9.12. The summed E-state index contributed by atoms with van der Waals surface area (Å²) in [7, 11) is 0. The molecule has 0 bridgehead atoms. The largest absolute Gasteiger partial charge is 0.465 e. The summed E-state index contributed by atoms with van der Waals surface area (Å²) in [5.74, 6) is 0.676. The number of hydrogen-bond donors (Lipinski definition) is 0. The van der Waals surface area contributed by atoms with E-state index in [1.165, 1.54) is 32.1 Å². The zero-order valence-corrected chi connectivity index (χ0v) is 15.0. The quantitative estimate of drug-likeness (QED) is 0.216. The van der Waals surface area contributed by atoms with Gasteiger partial charge in [0, 0.05) is 6.42 Å². The van der Waals surface area contributed by atoms with E-state index < -0.39 is 0 Å². The van der Waals surface area contributed by atoms with E-state index in [-0.39, 0.29) is 5.97 Å². The van der Waals surface area contributed by atoms with Gasteiger partial charge in [-0.1, -0.05) is 70.8 Å². The van der Waals surface area contributed by atoms with Gasteiger partial charge in [0.25, 0.3) is 0 Å². The molecule has 0 radical (unpaired) electrons. The average molecular weight is 309 g/mol. The van der Waals surface area contributed by atoms with Crippen LogP contribution in [0.3, 0.4) is 0 Å². The minimum absolute atomic E-state index is 0.0482. The molecule has 128 valence electrons. The summed E-state index contributed by atoms with van der Waals surface area (Å²) in [5, 5.41) is 0. The predicted octanol–water partition coefficient (Wildman–Crippen LogP) is 6.22. The van der Waals surface area contributed by atoms with Crippen LogP contribution in [0.25, 0.3) is 0 Å². The van der Waals surface area contributed by atoms with E-state index in [0.717, 1.165) is 31.6 Å². The maximum Gasteiger partial charge on any atom is 0.305 e. The summed E-state index contributed by atoms with van der Waals surface area (Å²) in [4.78, 5) is 11.5. The monoisotopic (exact) mass is 308 g/mol. The molecule has 2 heteroatoms. The number of hydrogen-bond acceptors (Lipinski definition) is 2. The molecular weight excluding hydrogens is 272 g/mol. The number of rotatable bonds is 14. The molecule has 0 aromatic carbocycles. The Bertz CT molecular complexity index is 303. The van der Waals surface area contributed by atoms with Crippen LogP contribution in [0.2, 0.25) is 0 Å². The summed E-state index contributed by atoms with van der Waals surface area (Å²) in [5.41, 5.74) is 0. The molecule has 0 spiro atoms. The van der Waals surface area contributed by atoms with Crippen LogP contribution in [-0.2, 0) is 9.53 Å². The molecule has 0 aliphatic heterocycles. The lowest BCUT2D eigenvalue weighted by Crippen LogP contribution is -2.05. The van der Waals surface area contributed by atoms with Crippen LogP contribution in [0.1, 0.15) is 85.0 Å². The van der Waals surface area contributed by atoms with Crippen LogP contribution in [0, 0.1) is 5.92 Å². The van der Waals surface area contributed by atoms with Crippen LogP contribution < -0.4 is 0 Å². The molecule has 0 amide bonds. The molecule has 0 saturated carbocycles. The van der Waals surface area contributed by atoms with Gasteiger partial charge in [-0.05, 0) is 38.0 Å². The maximum absolute atomic E-state index is 11.5. The highest BCUT2D eigenvalue weighted by Gasteiger charge is 2.02. The van der Waals surface area contributed by atoms with E-state index in [0.29, 0.717) is 13.0 Å². The highest BCUT2D eigenvalue weighted by Crippen LogP contribution is 2.08. The minimum Gasteiger partial charge on any atom is -0.465 e. The normalized spacial score (nSPS) is 11.8. The minimum atomic E-state index is -0.0482. The molecule has 0 fully saturated rings. The van der Waals surface area contributed by atoms with Crippen LogP contribution in [0.15, 0.2) is 24.3 Å². The molecule has 0 rings (SSSR count). The molecule has 22 heavy (non-hydrogen) atoms. The van der Waals surface area contributed by atoms with E-state index in [2.05, 4.69) is 45.1 Å². The number of carbonyl (C=O) groups excluding carboxylic acids is 1. The fourth-order valence-corrected chi connectivity index (χ4v) is 2.15. The molecule has 0 aliphatic rings. The van der Waals surface area contributed by atoms with Crippen LogP contribution in [0.4, 0.5) is 0 Å². The van der Waals surface area contributed by atoms with Gasteiger partial charge >= 0.3 is 5.97 Å². The highest BCUT2D eigenvalue weighted by atomic mass is 16.5. The third-order valence-electron chi connectivity index (χ3n) is 3.54. The van der Waals surface area contributed by atoms with Gasteiger partial charge in [-0.15, -0.1) is 0 Å². The van der Waals surface area contributed by atoms with E-state index in [4.69, 9.17) is 4.74 Å². The number of carbonyl (C=O) groups is 1. The van der Waals surface area contributed by atoms with E-state index in [9.17, 15) is 4.79 Å². The van der Waals surface area contributed by atoms with Crippen LogP contribution in [0.5, 0.6) is 0 Å². The summed E-state index contributed by atoms with van der Waals surface area (Å²) in [6.45, 7) is 7.17. The third kappa shape index (κ3) is 17.0. The Balaban J connectivity index is 3.36.